The molecule has 0 saturated heterocycles. The van der Waals surface area contributed by atoms with Gasteiger partial charge in [0.1, 0.15) is 13.2 Å². The van der Waals surface area contributed by atoms with E-state index in [-0.39, 0.29) is 0 Å². The molecule has 0 aromatic heterocycles. The summed E-state index contributed by atoms with van der Waals surface area (Å²) >= 11 is 0. The number of aliphatic imine (C=N–C) groups is 1. The fourth-order valence-corrected chi connectivity index (χ4v) is 3.35. The van der Waals surface area contributed by atoms with E-state index in [1.54, 1.807) is 0 Å². The number of hydrogen-bond acceptors (Lipinski definition) is 3. The van der Waals surface area contributed by atoms with Crippen LogP contribution in [0, 0.1) is 0 Å². The van der Waals surface area contributed by atoms with E-state index in [4.69, 9.17) is 14.5 Å². The molecule has 0 spiro atoms. The van der Waals surface area contributed by atoms with Crippen LogP contribution in [0.1, 0.15) is 11.1 Å². The Morgan fingerprint density at radius 2 is 1.21 bits per heavy atom. The maximum Gasteiger partial charge on any atom is 0.163 e. The number of nitrogens with zero attached hydrogens (tertiary/aromatic N) is 1. The van der Waals surface area contributed by atoms with E-state index in [2.05, 4.69) is 48.5 Å². The summed E-state index contributed by atoms with van der Waals surface area (Å²) < 4.78 is 11.3. The van der Waals surface area contributed by atoms with Gasteiger partial charge in [0.05, 0.1) is 11.4 Å². The number of hydrogen-bond donors (Lipinski definition) is 0. The van der Waals surface area contributed by atoms with Gasteiger partial charge in [-0.1, -0.05) is 48.5 Å². The van der Waals surface area contributed by atoms with Crippen LogP contribution in [-0.4, -0.2) is 18.9 Å². The Morgan fingerprint density at radius 3 is 1.88 bits per heavy atom. The Hall–Kier alpha value is -3.07. The van der Waals surface area contributed by atoms with Crippen LogP contribution < -0.4 is 9.47 Å². The Morgan fingerprint density at radius 1 is 0.625 bits per heavy atom. The Labute approximate surface area is 140 Å². The molecule has 3 aromatic carbocycles. The average molecular weight is 313 g/mol. The third-order valence-electron chi connectivity index (χ3n) is 4.42. The molecule has 0 radical (unpaired) electrons. The van der Waals surface area contributed by atoms with E-state index in [1.165, 1.54) is 22.3 Å². The second-order valence-corrected chi connectivity index (χ2v) is 5.88. The number of ether oxygens (including phenoxy) is 2. The Bertz CT molecular complexity index is 928. The molecule has 5 rings (SSSR count). The van der Waals surface area contributed by atoms with Crippen molar-refractivity contribution in [1.82, 2.24) is 0 Å². The molecule has 1 heterocycles. The van der Waals surface area contributed by atoms with Gasteiger partial charge in [-0.05, 0) is 23.3 Å². The van der Waals surface area contributed by atoms with Gasteiger partial charge in [-0.2, -0.15) is 0 Å². The summed E-state index contributed by atoms with van der Waals surface area (Å²) in [6.07, 6.45) is 0. The van der Waals surface area contributed by atoms with Crippen LogP contribution in [0.5, 0.6) is 11.5 Å². The van der Waals surface area contributed by atoms with Crippen LogP contribution in [0.4, 0.5) is 5.69 Å². The Balaban J connectivity index is 1.67. The molecule has 0 amide bonds. The molecule has 3 heteroatoms. The lowest BCUT2D eigenvalue weighted by Gasteiger charge is -2.18. The summed E-state index contributed by atoms with van der Waals surface area (Å²) in [4.78, 5) is 4.93. The third-order valence-corrected chi connectivity index (χ3v) is 4.42. The first-order valence-corrected chi connectivity index (χ1v) is 8.08. The average Bonchev–Trinajstić information content (AvgIpc) is 2.96. The van der Waals surface area contributed by atoms with Crippen molar-refractivity contribution < 1.29 is 9.47 Å². The topological polar surface area (TPSA) is 30.8 Å². The molecule has 0 fully saturated rings. The zero-order valence-corrected chi connectivity index (χ0v) is 13.0. The van der Waals surface area contributed by atoms with Crippen LogP contribution in [-0.2, 0) is 0 Å². The normalized spacial score (nSPS) is 14.1. The summed E-state index contributed by atoms with van der Waals surface area (Å²) in [5, 5.41) is 0. The van der Waals surface area contributed by atoms with Crippen molar-refractivity contribution in [3.8, 4) is 22.6 Å². The zero-order valence-electron chi connectivity index (χ0n) is 13.0. The second kappa shape index (κ2) is 5.24. The standard InChI is InChI=1S/C21H15NO2/c1-3-7-17-15(5-1)16-6-2-4-8-18(16)21(17)22-14-9-10-19-20(13-14)24-12-11-23-19/h1-10,13H,11-12H2. The molecular weight excluding hydrogens is 298 g/mol. The summed E-state index contributed by atoms with van der Waals surface area (Å²) in [5.74, 6) is 1.56. The van der Waals surface area contributed by atoms with Crippen molar-refractivity contribution in [3.05, 3.63) is 77.9 Å². The highest BCUT2D eigenvalue weighted by Crippen LogP contribution is 2.39. The number of fused-ring (bicyclic) bond motifs is 4. The molecule has 24 heavy (non-hydrogen) atoms. The molecule has 1 aliphatic carbocycles. The molecule has 116 valence electrons. The van der Waals surface area contributed by atoms with Gasteiger partial charge in [0.25, 0.3) is 0 Å². The molecule has 3 aromatic rings. The molecule has 1 aliphatic heterocycles. The predicted octanol–water partition coefficient (Wildman–Crippen LogP) is 4.61. The number of rotatable bonds is 1. The van der Waals surface area contributed by atoms with Gasteiger partial charge in [-0.15, -0.1) is 0 Å². The summed E-state index contributed by atoms with van der Waals surface area (Å²) in [6, 6.07) is 22.7. The molecule has 0 bridgehead atoms. The van der Waals surface area contributed by atoms with Gasteiger partial charge < -0.3 is 9.47 Å². The van der Waals surface area contributed by atoms with Crippen molar-refractivity contribution >= 4 is 11.4 Å². The summed E-state index contributed by atoms with van der Waals surface area (Å²) in [7, 11) is 0. The molecule has 0 atom stereocenters. The largest absolute Gasteiger partial charge is 0.486 e. The maximum absolute atomic E-state index is 5.67. The van der Waals surface area contributed by atoms with Gasteiger partial charge in [0.2, 0.25) is 0 Å². The van der Waals surface area contributed by atoms with E-state index < -0.39 is 0 Å². The molecule has 3 nitrogen and oxygen atoms in total. The van der Waals surface area contributed by atoms with Crippen LogP contribution >= 0.6 is 0 Å². The highest BCUT2D eigenvalue weighted by Gasteiger charge is 2.24. The van der Waals surface area contributed by atoms with Gasteiger partial charge in [-0.3, -0.25) is 0 Å². The minimum atomic E-state index is 0.582. The SMILES string of the molecule is c1ccc2c(c1)C(=Nc1ccc3c(c1)OCCO3)c1ccccc1-2. The molecular formula is C21H15NO2. The van der Waals surface area contributed by atoms with Gasteiger partial charge in [-0.25, -0.2) is 4.99 Å². The maximum atomic E-state index is 5.67. The van der Waals surface area contributed by atoms with Crippen molar-refractivity contribution in [1.29, 1.82) is 0 Å². The smallest absolute Gasteiger partial charge is 0.163 e. The van der Waals surface area contributed by atoms with E-state index >= 15 is 0 Å². The van der Waals surface area contributed by atoms with Gasteiger partial charge >= 0.3 is 0 Å². The quantitative estimate of drug-likeness (QED) is 0.514. The first kappa shape index (κ1) is 13.4. The van der Waals surface area contributed by atoms with Crippen LogP contribution in [0.25, 0.3) is 11.1 Å². The van der Waals surface area contributed by atoms with Gasteiger partial charge in [0, 0.05) is 17.2 Å². The first-order valence-electron chi connectivity index (χ1n) is 8.08. The molecule has 2 aliphatic rings. The second-order valence-electron chi connectivity index (χ2n) is 5.88. The third kappa shape index (κ3) is 2.02. The lowest BCUT2D eigenvalue weighted by molar-refractivity contribution is 0.171. The highest BCUT2D eigenvalue weighted by atomic mass is 16.6. The van der Waals surface area contributed by atoms with E-state index in [9.17, 15) is 0 Å². The minimum Gasteiger partial charge on any atom is -0.486 e. The van der Waals surface area contributed by atoms with Crippen LogP contribution in [0.3, 0.4) is 0 Å². The zero-order chi connectivity index (χ0) is 15.9. The van der Waals surface area contributed by atoms with E-state index in [1.807, 2.05) is 18.2 Å². The van der Waals surface area contributed by atoms with E-state index in [0.717, 1.165) is 22.9 Å². The molecule has 0 unspecified atom stereocenters. The van der Waals surface area contributed by atoms with Crippen molar-refractivity contribution in [2.45, 2.75) is 0 Å². The van der Waals surface area contributed by atoms with Gasteiger partial charge in [0.15, 0.2) is 11.5 Å². The fourth-order valence-electron chi connectivity index (χ4n) is 3.35. The van der Waals surface area contributed by atoms with Crippen molar-refractivity contribution in [3.63, 3.8) is 0 Å². The molecule has 0 saturated carbocycles. The van der Waals surface area contributed by atoms with E-state index in [0.29, 0.717) is 13.2 Å². The highest BCUT2D eigenvalue weighted by molar-refractivity contribution is 6.25. The van der Waals surface area contributed by atoms with Crippen LogP contribution in [0.15, 0.2) is 71.7 Å². The number of benzene rings is 3. The summed E-state index contributed by atoms with van der Waals surface area (Å²) in [6.45, 7) is 1.18. The lowest BCUT2D eigenvalue weighted by atomic mass is 10.1. The van der Waals surface area contributed by atoms with Crippen molar-refractivity contribution in [2.75, 3.05) is 13.2 Å². The van der Waals surface area contributed by atoms with Crippen molar-refractivity contribution in [2.24, 2.45) is 4.99 Å². The predicted molar refractivity (Wildman–Crippen MR) is 94.6 cm³/mol. The van der Waals surface area contributed by atoms with Crippen LogP contribution in [0.2, 0.25) is 0 Å². The first-order chi connectivity index (χ1) is 11.9. The molecule has 0 N–H and O–H groups in total. The lowest BCUT2D eigenvalue weighted by Crippen LogP contribution is -2.14. The fraction of sp³-hybridized carbons (Fsp3) is 0.0952. The summed E-state index contributed by atoms with van der Waals surface area (Å²) in [5.41, 5.74) is 6.72. The Kier molecular flexibility index (Phi) is 2.92. The minimum absolute atomic E-state index is 0.582. The monoisotopic (exact) mass is 313 g/mol.